The number of nitrogens with one attached hydrogen (secondary N) is 2. The van der Waals surface area contributed by atoms with E-state index < -0.39 is 23.3 Å². The Morgan fingerprint density at radius 2 is 1.96 bits per heavy atom. The van der Waals surface area contributed by atoms with E-state index in [-0.39, 0.29) is 29.4 Å². The standard InChI is InChI=1S/C17H11F4N5O2/c18-12-4-8(3-9-5-14(28-15(9)12)16-23-25-26-24-16)7-22-10-1-2-13(27)11(6-10)17(19,20)21/h1-6,22,27H,7H2,(H,23,24,25,26). The van der Waals surface area contributed by atoms with Crippen LogP contribution in [0, 0.1) is 5.82 Å². The molecule has 0 aliphatic carbocycles. The van der Waals surface area contributed by atoms with Gasteiger partial charge in [0.15, 0.2) is 17.2 Å². The summed E-state index contributed by atoms with van der Waals surface area (Å²) in [5, 5.41) is 25.6. The lowest BCUT2D eigenvalue weighted by atomic mass is 10.1. The van der Waals surface area contributed by atoms with Crippen LogP contribution in [0.4, 0.5) is 23.2 Å². The van der Waals surface area contributed by atoms with E-state index in [4.69, 9.17) is 4.42 Å². The van der Waals surface area contributed by atoms with E-state index in [1.165, 1.54) is 12.1 Å². The van der Waals surface area contributed by atoms with Crippen molar-refractivity contribution >= 4 is 16.7 Å². The van der Waals surface area contributed by atoms with Crippen molar-refractivity contribution in [2.24, 2.45) is 0 Å². The number of benzene rings is 2. The van der Waals surface area contributed by atoms with Crippen molar-refractivity contribution < 1.29 is 27.1 Å². The van der Waals surface area contributed by atoms with Crippen LogP contribution in [0.5, 0.6) is 5.75 Å². The zero-order valence-corrected chi connectivity index (χ0v) is 13.9. The van der Waals surface area contributed by atoms with E-state index in [2.05, 4.69) is 25.9 Å². The fourth-order valence-electron chi connectivity index (χ4n) is 2.73. The zero-order chi connectivity index (χ0) is 19.9. The monoisotopic (exact) mass is 393 g/mol. The van der Waals surface area contributed by atoms with Gasteiger partial charge in [-0.3, -0.25) is 0 Å². The summed E-state index contributed by atoms with van der Waals surface area (Å²) < 4.78 is 58.4. The van der Waals surface area contributed by atoms with E-state index in [1.54, 1.807) is 12.1 Å². The summed E-state index contributed by atoms with van der Waals surface area (Å²) in [5.74, 6) is -1.01. The molecule has 0 atom stereocenters. The molecule has 0 amide bonds. The van der Waals surface area contributed by atoms with Crippen LogP contribution in [0.15, 0.2) is 40.8 Å². The second-order valence-electron chi connectivity index (χ2n) is 5.94. The van der Waals surface area contributed by atoms with Gasteiger partial charge in [0.2, 0.25) is 5.82 Å². The van der Waals surface area contributed by atoms with Crippen molar-refractivity contribution in [1.82, 2.24) is 20.6 Å². The maximum Gasteiger partial charge on any atom is 0.420 e. The van der Waals surface area contributed by atoms with Crippen molar-refractivity contribution in [2.45, 2.75) is 12.7 Å². The summed E-state index contributed by atoms with van der Waals surface area (Å²) in [6.07, 6.45) is -4.68. The third-order valence-corrected chi connectivity index (χ3v) is 4.01. The largest absolute Gasteiger partial charge is 0.507 e. The van der Waals surface area contributed by atoms with E-state index in [0.29, 0.717) is 10.9 Å². The Balaban J connectivity index is 1.59. The predicted molar refractivity (Wildman–Crippen MR) is 89.8 cm³/mol. The maximum atomic E-state index is 14.3. The minimum Gasteiger partial charge on any atom is -0.507 e. The molecule has 7 nitrogen and oxygen atoms in total. The van der Waals surface area contributed by atoms with Crippen LogP contribution in [-0.4, -0.2) is 25.7 Å². The highest BCUT2D eigenvalue weighted by molar-refractivity contribution is 5.83. The van der Waals surface area contributed by atoms with Gasteiger partial charge < -0.3 is 14.8 Å². The van der Waals surface area contributed by atoms with Gasteiger partial charge in [-0.05, 0) is 52.4 Å². The highest BCUT2D eigenvalue weighted by Crippen LogP contribution is 2.37. The molecular formula is C17H11F4N5O2. The first-order chi connectivity index (χ1) is 13.3. The van der Waals surface area contributed by atoms with Gasteiger partial charge in [-0.15, -0.1) is 5.10 Å². The molecule has 2 aromatic carbocycles. The Morgan fingerprint density at radius 1 is 1.14 bits per heavy atom. The first kappa shape index (κ1) is 17.8. The number of aromatic hydroxyl groups is 1. The Hall–Kier alpha value is -3.63. The van der Waals surface area contributed by atoms with Crippen LogP contribution in [0.2, 0.25) is 0 Å². The van der Waals surface area contributed by atoms with Gasteiger partial charge in [0.25, 0.3) is 0 Å². The number of tetrazole rings is 1. The number of phenols is 1. The van der Waals surface area contributed by atoms with Gasteiger partial charge in [-0.2, -0.15) is 13.2 Å². The van der Waals surface area contributed by atoms with Crippen LogP contribution >= 0.6 is 0 Å². The van der Waals surface area contributed by atoms with Gasteiger partial charge in [-0.1, -0.05) is 0 Å². The lowest BCUT2D eigenvalue weighted by Crippen LogP contribution is -2.07. The number of fused-ring (bicyclic) bond motifs is 1. The first-order valence-electron chi connectivity index (χ1n) is 7.91. The van der Waals surface area contributed by atoms with Gasteiger partial charge in [0.05, 0.1) is 5.56 Å². The molecule has 0 aliphatic heterocycles. The van der Waals surface area contributed by atoms with Gasteiger partial charge in [-0.25, -0.2) is 9.49 Å². The molecule has 11 heteroatoms. The summed E-state index contributed by atoms with van der Waals surface area (Å²) in [5.41, 5.74) is -0.528. The number of hydrogen-bond acceptors (Lipinski definition) is 6. The molecule has 0 saturated carbocycles. The van der Waals surface area contributed by atoms with Crippen LogP contribution < -0.4 is 5.32 Å². The third kappa shape index (κ3) is 3.33. The normalized spacial score (nSPS) is 11.9. The molecule has 2 heterocycles. The van der Waals surface area contributed by atoms with Crippen LogP contribution in [-0.2, 0) is 12.7 Å². The Labute approximate surface area is 154 Å². The Bertz CT molecular complexity index is 1140. The SMILES string of the molecule is Oc1ccc(NCc2cc(F)c3oc(-c4nnn[nH]4)cc3c2)cc1C(F)(F)F. The Morgan fingerprint density at radius 3 is 2.68 bits per heavy atom. The number of aromatic amines is 1. The topological polar surface area (TPSA) is 99.9 Å². The molecule has 0 aliphatic rings. The second-order valence-corrected chi connectivity index (χ2v) is 5.94. The summed E-state index contributed by atoms with van der Waals surface area (Å²) in [7, 11) is 0. The van der Waals surface area contributed by atoms with Crippen LogP contribution in [0.1, 0.15) is 11.1 Å². The van der Waals surface area contributed by atoms with Crippen LogP contribution in [0.25, 0.3) is 22.6 Å². The highest BCUT2D eigenvalue weighted by atomic mass is 19.4. The molecule has 3 N–H and O–H groups in total. The van der Waals surface area contributed by atoms with Crippen molar-refractivity contribution in [2.75, 3.05) is 5.32 Å². The highest BCUT2D eigenvalue weighted by Gasteiger charge is 2.34. The van der Waals surface area contributed by atoms with Crippen LogP contribution in [0.3, 0.4) is 0 Å². The number of halogens is 4. The minimum atomic E-state index is -4.68. The lowest BCUT2D eigenvalue weighted by Gasteiger charge is -2.12. The molecule has 2 aromatic heterocycles. The number of aromatic nitrogens is 4. The molecule has 0 spiro atoms. The molecule has 28 heavy (non-hydrogen) atoms. The molecule has 144 valence electrons. The fraction of sp³-hybridized carbons (Fsp3) is 0.118. The minimum absolute atomic E-state index is 0.0131. The second kappa shape index (κ2) is 6.51. The van der Waals surface area contributed by atoms with Crippen molar-refractivity contribution in [3.8, 4) is 17.3 Å². The Kier molecular flexibility index (Phi) is 4.13. The summed E-state index contributed by atoms with van der Waals surface area (Å²) in [6.45, 7) is 0.0549. The summed E-state index contributed by atoms with van der Waals surface area (Å²) in [6, 6.07) is 7.43. The van der Waals surface area contributed by atoms with E-state index in [0.717, 1.165) is 12.1 Å². The molecule has 0 radical (unpaired) electrons. The van der Waals surface area contributed by atoms with Gasteiger partial charge in [0, 0.05) is 17.6 Å². The number of hydrogen-bond donors (Lipinski definition) is 3. The molecule has 0 unspecified atom stereocenters. The molecule has 0 fully saturated rings. The number of rotatable bonds is 4. The molecule has 4 aromatic rings. The average Bonchev–Trinajstić information content (AvgIpc) is 3.29. The predicted octanol–water partition coefficient (Wildman–Crippen LogP) is 4.09. The summed E-state index contributed by atoms with van der Waals surface area (Å²) >= 11 is 0. The number of phenolic OH excluding ortho intramolecular Hbond substituents is 1. The molecule has 0 saturated heterocycles. The van der Waals surface area contributed by atoms with E-state index >= 15 is 0 Å². The number of H-pyrrole nitrogens is 1. The number of furan rings is 1. The van der Waals surface area contributed by atoms with Crippen molar-refractivity contribution in [3.63, 3.8) is 0 Å². The molecule has 4 rings (SSSR count). The van der Waals surface area contributed by atoms with Crippen molar-refractivity contribution in [3.05, 3.63) is 53.3 Å². The maximum absolute atomic E-state index is 14.3. The number of nitrogens with zero attached hydrogens (tertiary/aromatic N) is 3. The van der Waals surface area contributed by atoms with Gasteiger partial charge >= 0.3 is 6.18 Å². The quantitative estimate of drug-likeness (QED) is 0.357. The van der Waals surface area contributed by atoms with E-state index in [9.17, 15) is 22.7 Å². The lowest BCUT2D eigenvalue weighted by molar-refractivity contribution is -0.138. The third-order valence-electron chi connectivity index (χ3n) is 4.01. The first-order valence-corrected chi connectivity index (χ1v) is 7.91. The average molecular weight is 393 g/mol. The van der Waals surface area contributed by atoms with Gasteiger partial charge in [0.1, 0.15) is 5.75 Å². The van der Waals surface area contributed by atoms with Crippen molar-refractivity contribution in [1.29, 1.82) is 0 Å². The smallest absolute Gasteiger partial charge is 0.420 e. The molecule has 0 bridgehead atoms. The number of alkyl halides is 3. The fourth-order valence-corrected chi connectivity index (χ4v) is 2.73. The zero-order valence-electron chi connectivity index (χ0n) is 13.9. The summed E-state index contributed by atoms with van der Waals surface area (Å²) in [4.78, 5) is 0. The molecular weight excluding hydrogens is 382 g/mol. The van der Waals surface area contributed by atoms with E-state index in [1.807, 2.05) is 0 Å². The number of anilines is 1.